The van der Waals surface area contributed by atoms with E-state index in [1.807, 2.05) is 0 Å². The third kappa shape index (κ3) is 8.99. The fraction of sp³-hybridized carbons (Fsp3) is 0.414. The minimum Gasteiger partial charge on any atom is -0.483 e. The van der Waals surface area contributed by atoms with E-state index in [-0.39, 0.29) is 30.7 Å². The van der Waals surface area contributed by atoms with Crippen LogP contribution in [-0.4, -0.2) is 80.0 Å². The molecule has 0 bridgehead atoms. The van der Waals surface area contributed by atoms with E-state index in [0.29, 0.717) is 59.8 Å². The molecule has 4 rings (SSSR count). The van der Waals surface area contributed by atoms with Gasteiger partial charge < -0.3 is 30.0 Å². The summed E-state index contributed by atoms with van der Waals surface area (Å²) in [5.41, 5.74) is 2.32. The Morgan fingerprint density at radius 2 is 1.98 bits per heavy atom. The second-order valence-electron chi connectivity index (χ2n) is 9.36. The number of nitriles is 1. The van der Waals surface area contributed by atoms with E-state index < -0.39 is 6.09 Å². The number of anilines is 1. The molecule has 2 heterocycles. The SMILES string of the molecule is COCCCOCCCOC(=O)n1nc(NC(=O)[C@@H]2CCCNC2)c2cc(-c3cc(C#N)ccc3Cl)ccc21.O=CO. The maximum atomic E-state index is 13.0. The Bertz CT molecular complexity index is 1400. The van der Waals surface area contributed by atoms with Gasteiger partial charge in [0.05, 0.1) is 29.7 Å². The standard InChI is InChI=1S/C28H32ClN5O5.CH2O2/c1-37-11-3-12-38-13-4-14-39-28(36)34-25-9-7-20(22-15-19(17-30)6-8-24(22)29)16-23(25)26(33-34)32-27(35)21-5-2-10-31-18-21;2-1-3/h6-9,15-16,21,31H,2-5,10-14,18H2,1H3,(H,32,33,35);1H,(H,2,3)/t21-;/m1./s1. The molecule has 0 unspecified atom stereocenters. The number of carbonyl (C=O) groups is 3. The number of carboxylic acid groups (broad SMARTS) is 1. The van der Waals surface area contributed by atoms with Crippen LogP contribution < -0.4 is 10.6 Å². The van der Waals surface area contributed by atoms with Gasteiger partial charge in [-0.05, 0) is 61.7 Å². The van der Waals surface area contributed by atoms with E-state index in [4.69, 9.17) is 35.7 Å². The van der Waals surface area contributed by atoms with E-state index in [2.05, 4.69) is 21.8 Å². The summed E-state index contributed by atoms with van der Waals surface area (Å²) in [4.78, 5) is 34.4. The molecule has 13 heteroatoms. The summed E-state index contributed by atoms with van der Waals surface area (Å²) in [6.07, 6.45) is 2.36. The van der Waals surface area contributed by atoms with Crippen LogP contribution >= 0.6 is 11.6 Å². The summed E-state index contributed by atoms with van der Waals surface area (Å²) in [7, 11) is 1.64. The third-order valence-electron chi connectivity index (χ3n) is 6.46. The summed E-state index contributed by atoms with van der Waals surface area (Å²) >= 11 is 6.44. The third-order valence-corrected chi connectivity index (χ3v) is 6.79. The minimum absolute atomic E-state index is 0.161. The molecule has 1 aliphatic heterocycles. The molecule has 1 saturated heterocycles. The summed E-state index contributed by atoms with van der Waals surface area (Å²) in [5, 5.41) is 27.8. The van der Waals surface area contributed by atoms with Gasteiger partial charge in [-0.25, -0.2) is 4.79 Å². The number of carbonyl (C=O) groups excluding carboxylic acids is 2. The lowest BCUT2D eigenvalue weighted by molar-refractivity contribution is -0.123. The number of piperidine rings is 1. The number of nitrogens with one attached hydrogen (secondary N) is 2. The van der Waals surface area contributed by atoms with Crippen molar-refractivity contribution in [2.45, 2.75) is 25.7 Å². The number of amides is 1. The number of hydrogen-bond donors (Lipinski definition) is 3. The zero-order valence-electron chi connectivity index (χ0n) is 23.3. The molecule has 1 atom stereocenters. The zero-order valence-corrected chi connectivity index (χ0v) is 24.1. The fourth-order valence-electron chi connectivity index (χ4n) is 4.42. The summed E-state index contributed by atoms with van der Waals surface area (Å²) in [6.45, 7) is 3.05. The van der Waals surface area contributed by atoms with Gasteiger partial charge in [-0.1, -0.05) is 17.7 Å². The molecule has 3 N–H and O–H groups in total. The molecule has 12 nitrogen and oxygen atoms in total. The molecule has 2 aromatic carbocycles. The largest absolute Gasteiger partial charge is 0.483 e. The first kappa shape index (κ1) is 32.5. The maximum Gasteiger partial charge on any atom is 0.435 e. The van der Waals surface area contributed by atoms with Gasteiger partial charge in [0.25, 0.3) is 6.47 Å². The highest BCUT2D eigenvalue weighted by atomic mass is 35.5. The molecule has 0 spiro atoms. The number of nitrogens with zero attached hydrogens (tertiary/aromatic N) is 3. The van der Waals surface area contributed by atoms with Crippen molar-refractivity contribution in [2.75, 3.05) is 51.9 Å². The van der Waals surface area contributed by atoms with Crippen molar-refractivity contribution in [2.24, 2.45) is 5.92 Å². The minimum atomic E-state index is -0.656. The highest BCUT2D eigenvalue weighted by molar-refractivity contribution is 6.33. The molecule has 0 saturated carbocycles. The van der Waals surface area contributed by atoms with E-state index >= 15 is 0 Å². The van der Waals surface area contributed by atoms with Crippen molar-refractivity contribution < 1.29 is 33.7 Å². The van der Waals surface area contributed by atoms with Crippen LogP contribution in [0.3, 0.4) is 0 Å². The monoisotopic (exact) mass is 599 g/mol. The van der Waals surface area contributed by atoms with Gasteiger partial charge >= 0.3 is 6.09 Å². The maximum absolute atomic E-state index is 13.0. The van der Waals surface area contributed by atoms with Crippen LogP contribution in [0.5, 0.6) is 0 Å². The van der Waals surface area contributed by atoms with Crippen LogP contribution in [0, 0.1) is 17.2 Å². The summed E-state index contributed by atoms with van der Waals surface area (Å²) < 4.78 is 17.1. The molecular formula is C29H34ClN5O7. The van der Waals surface area contributed by atoms with E-state index in [1.54, 1.807) is 43.5 Å². The average Bonchev–Trinajstić information content (AvgIpc) is 3.37. The molecule has 42 heavy (non-hydrogen) atoms. The summed E-state index contributed by atoms with van der Waals surface area (Å²) in [6, 6.07) is 12.5. The van der Waals surface area contributed by atoms with Crippen LogP contribution in [0.25, 0.3) is 22.0 Å². The molecule has 3 aromatic rings. The zero-order chi connectivity index (χ0) is 30.3. The molecule has 1 fully saturated rings. The van der Waals surface area contributed by atoms with Gasteiger partial charge in [-0.15, -0.1) is 5.10 Å². The number of hydrogen-bond acceptors (Lipinski definition) is 9. The quantitative estimate of drug-likeness (QED) is 0.214. The number of rotatable bonds is 11. The molecule has 0 radical (unpaired) electrons. The lowest BCUT2D eigenvalue weighted by atomic mass is 9.98. The van der Waals surface area contributed by atoms with Crippen LogP contribution in [-0.2, 0) is 23.8 Å². The predicted octanol–water partition coefficient (Wildman–Crippen LogP) is 4.30. The van der Waals surface area contributed by atoms with E-state index in [0.717, 1.165) is 36.1 Å². The van der Waals surface area contributed by atoms with Gasteiger partial charge in [0.1, 0.15) is 0 Å². The second-order valence-corrected chi connectivity index (χ2v) is 9.77. The topological polar surface area (TPSA) is 165 Å². The fourth-order valence-corrected chi connectivity index (χ4v) is 4.64. The molecule has 224 valence electrons. The first-order valence-electron chi connectivity index (χ1n) is 13.5. The van der Waals surface area contributed by atoms with Gasteiger partial charge in [0, 0.05) is 55.9 Å². The Kier molecular flexibility index (Phi) is 13.2. The van der Waals surface area contributed by atoms with Crippen molar-refractivity contribution in [3.05, 3.63) is 47.0 Å². The van der Waals surface area contributed by atoms with E-state index in [9.17, 15) is 14.9 Å². The lowest BCUT2D eigenvalue weighted by Gasteiger charge is -2.21. The normalized spacial score (nSPS) is 14.4. The second kappa shape index (κ2) is 17.1. The van der Waals surface area contributed by atoms with Crippen molar-refractivity contribution in [1.82, 2.24) is 15.1 Å². The predicted molar refractivity (Wildman–Crippen MR) is 156 cm³/mol. The van der Waals surface area contributed by atoms with Crippen LogP contribution in [0.2, 0.25) is 5.02 Å². The molecular weight excluding hydrogens is 566 g/mol. The highest BCUT2D eigenvalue weighted by Gasteiger charge is 2.24. The number of methoxy groups -OCH3 is 1. The van der Waals surface area contributed by atoms with Gasteiger partial charge in [-0.2, -0.15) is 9.94 Å². The van der Waals surface area contributed by atoms with Crippen molar-refractivity contribution in [3.63, 3.8) is 0 Å². The molecule has 1 aliphatic rings. The number of fused-ring (bicyclic) bond motifs is 1. The van der Waals surface area contributed by atoms with Gasteiger partial charge in [-0.3, -0.25) is 9.59 Å². The lowest BCUT2D eigenvalue weighted by Crippen LogP contribution is -2.37. The van der Waals surface area contributed by atoms with Gasteiger partial charge in [0.15, 0.2) is 5.82 Å². The van der Waals surface area contributed by atoms with Crippen LogP contribution in [0.1, 0.15) is 31.2 Å². The number of aromatic nitrogens is 2. The van der Waals surface area contributed by atoms with Crippen LogP contribution in [0.4, 0.5) is 10.6 Å². The Balaban J connectivity index is 0.00000155. The Labute approximate surface area is 248 Å². The van der Waals surface area contributed by atoms with Crippen molar-refractivity contribution in [1.29, 1.82) is 5.26 Å². The van der Waals surface area contributed by atoms with Crippen LogP contribution in [0.15, 0.2) is 36.4 Å². The van der Waals surface area contributed by atoms with E-state index in [1.165, 1.54) is 0 Å². The first-order chi connectivity index (χ1) is 20.4. The number of ether oxygens (including phenoxy) is 3. The number of benzene rings is 2. The molecule has 1 amide bonds. The van der Waals surface area contributed by atoms with Gasteiger partial charge in [0.2, 0.25) is 5.91 Å². The average molecular weight is 600 g/mol. The van der Waals surface area contributed by atoms with Crippen molar-refractivity contribution in [3.8, 4) is 17.2 Å². The first-order valence-corrected chi connectivity index (χ1v) is 13.9. The number of halogens is 1. The summed E-state index contributed by atoms with van der Waals surface area (Å²) in [5.74, 6) is -0.101. The molecule has 1 aromatic heterocycles. The highest BCUT2D eigenvalue weighted by Crippen LogP contribution is 2.34. The Morgan fingerprint density at radius 1 is 1.21 bits per heavy atom. The Hall–Kier alpha value is -4.02. The molecule has 0 aliphatic carbocycles. The van der Waals surface area contributed by atoms with Crippen molar-refractivity contribution >= 4 is 46.8 Å². The smallest absolute Gasteiger partial charge is 0.435 e. The Morgan fingerprint density at radius 3 is 2.67 bits per heavy atom.